The van der Waals surface area contributed by atoms with Gasteiger partial charge in [0.15, 0.2) is 0 Å². The molecule has 0 spiro atoms. The Labute approximate surface area is 172 Å². The van der Waals surface area contributed by atoms with Crippen LogP contribution in [0.25, 0.3) is 0 Å². The van der Waals surface area contributed by atoms with E-state index in [1.165, 1.54) is 0 Å². The maximum absolute atomic E-state index is 12.4. The highest BCUT2D eigenvalue weighted by molar-refractivity contribution is 7.92. The number of hydrogen-bond acceptors (Lipinski definition) is 5. The van der Waals surface area contributed by atoms with Gasteiger partial charge in [-0.3, -0.25) is 9.10 Å². The van der Waals surface area contributed by atoms with Crippen LogP contribution in [0.4, 0.5) is 5.69 Å². The largest absolute Gasteiger partial charge is 0.494 e. The fourth-order valence-electron chi connectivity index (χ4n) is 2.70. The van der Waals surface area contributed by atoms with Crippen molar-refractivity contribution in [1.29, 1.82) is 0 Å². The first kappa shape index (κ1) is 22.4. The number of ether oxygens (including phenoxy) is 1. The Balaban J connectivity index is 2.14. The number of hydrazone groups is 1. The Morgan fingerprint density at radius 3 is 2.38 bits per heavy atom. The third-order valence-corrected chi connectivity index (χ3v) is 5.38. The van der Waals surface area contributed by atoms with Crippen LogP contribution in [0, 0.1) is 13.8 Å². The quantitative estimate of drug-likeness (QED) is 0.528. The monoisotopic (exact) mass is 417 g/mol. The SMILES string of the molecule is CCOc1ccc(/C(C)=N\NC(=O)CN(c2cc(C)ccc2C)S(C)(=O)=O)cc1. The van der Waals surface area contributed by atoms with Gasteiger partial charge < -0.3 is 4.74 Å². The molecule has 0 bridgehead atoms. The van der Waals surface area contributed by atoms with E-state index >= 15 is 0 Å². The zero-order valence-corrected chi connectivity index (χ0v) is 18.2. The normalized spacial score (nSPS) is 11.8. The first-order valence-corrected chi connectivity index (χ1v) is 11.1. The van der Waals surface area contributed by atoms with Crippen molar-refractivity contribution in [2.75, 3.05) is 23.7 Å². The van der Waals surface area contributed by atoms with Crippen molar-refractivity contribution < 1.29 is 17.9 Å². The van der Waals surface area contributed by atoms with Gasteiger partial charge in [-0.25, -0.2) is 13.8 Å². The lowest BCUT2D eigenvalue weighted by Gasteiger charge is -2.23. The maximum atomic E-state index is 12.4. The van der Waals surface area contributed by atoms with Crippen molar-refractivity contribution in [3.63, 3.8) is 0 Å². The molecule has 0 saturated carbocycles. The standard InChI is InChI=1S/C21H27N3O4S/c1-6-28-19-11-9-18(10-12-19)17(4)22-23-21(25)14-24(29(5,26)27)20-13-15(2)7-8-16(20)3/h7-13H,6,14H2,1-5H3,(H,23,25)/b22-17-. The number of rotatable bonds is 8. The molecule has 1 amide bonds. The number of nitrogens with one attached hydrogen (secondary N) is 1. The number of carbonyl (C=O) groups is 1. The minimum Gasteiger partial charge on any atom is -0.494 e. The molecule has 0 heterocycles. The van der Waals surface area contributed by atoms with Crippen LogP contribution in [0.2, 0.25) is 0 Å². The van der Waals surface area contributed by atoms with Crippen LogP contribution >= 0.6 is 0 Å². The van der Waals surface area contributed by atoms with Gasteiger partial charge in [-0.15, -0.1) is 0 Å². The molecule has 0 atom stereocenters. The number of aryl methyl sites for hydroxylation is 2. The molecule has 8 heteroatoms. The van der Waals surface area contributed by atoms with Gasteiger partial charge in [-0.1, -0.05) is 12.1 Å². The van der Waals surface area contributed by atoms with Gasteiger partial charge in [0.2, 0.25) is 10.0 Å². The van der Waals surface area contributed by atoms with E-state index in [0.717, 1.165) is 33.0 Å². The highest BCUT2D eigenvalue weighted by atomic mass is 32.2. The number of anilines is 1. The lowest BCUT2D eigenvalue weighted by atomic mass is 10.1. The predicted octanol–water partition coefficient (Wildman–Crippen LogP) is 3.01. The lowest BCUT2D eigenvalue weighted by molar-refractivity contribution is -0.119. The van der Waals surface area contributed by atoms with Gasteiger partial charge in [0.25, 0.3) is 5.91 Å². The highest BCUT2D eigenvalue weighted by Gasteiger charge is 2.22. The van der Waals surface area contributed by atoms with Crippen molar-refractivity contribution in [1.82, 2.24) is 5.43 Å². The first-order valence-electron chi connectivity index (χ1n) is 9.23. The Hall–Kier alpha value is -2.87. The van der Waals surface area contributed by atoms with Crippen molar-refractivity contribution in [3.05, 3.63) is 59.2 Å². The minimum atomic E-state index is -3.64. The summed E-state index contributed by atoms with van der Waals surface area (Å²) < 4.78 is 31.0. The summed E-state index contributed by atoms with van der Waals surface area (Å²) >= 11 is 0. The fraction of sp³-hybridized carbons (Fsp3) is 0.333. The molecule has 0 aliphatic rings. The average Bonchev–Trinajstić information content (AvgIpc) is 2.66. The summed E-state index contributed by atoms with van der Waals surface area (Å²) in [4.78, 5) is 12.4. The van der Waals surface area contributed by atoms with Gasteiger partial charge in [-0.2, -0.15) is 5.10 Å². The average molecular weight is 418 g/mol. The molecule has 0 aliphatic carbocycles. The highest BCUT2D eigenvalue weighted by Crippen LogP contribution is 2.23. The summed E-state index contributed by atoms with van der Waals surface area (Å²) in [7, 11) is -3.64. The van der Waals surface area contributed by atoms with Crippen LogP contribution in [0.1, 0.15) is 30.5 Å². The fourth-order valence-corrected chi connectivity index (χ4v) is 3.61. The van der Waals surface area contributed by atoms with E-state index < -0.39 is 15.9 Å². The maximum Gasteiger partial charge on any atom is 0.260 e. The second-order valence-electron chi connectivity index (χ2n) is 6.75. The van der Waals surface area contributed by atoms with E-state index in [2.05, 4.69) is 10.5 Å². The minimum absolute atomic E-state index is 0.358. The molecular weight excluding hydrogens is 390 g/mol. The summed E-state index contributed by atoms with van der Waals surface area (Å²) in [6.45, 7) is 7.57. The van der Waals surface area contributed by atoms with Gasteiger partial charge in [0.05, 0.1) is 24.3 Å². The van der Waals surface area contributed by atoms with Crippen molar-refractivity contribution in [2.45, 2.75) is 27.7 Å². The predicted molar refractivity (Wildman–Crippen MR) is 116 cm³/mol. The van der Waals surface area contributed by atoms with E-state index in [-0.39, 0.29) is 6.54 Å². The number of hydrogen-bond donors (Lipinski definition) is 1. The summed E-state index contributed by atoms with van der Waals surface area (Å²) in [5, 5.41) is 4.09. The zero-order chi connectivity index (χ0) is 21.6. The lowest BCUT2D eigenvalue weighted by Crippen LogP contribution is -2.39. The number of carbonyl (C=O) groups excluding carboxylic acids is 1. The smallest absolute Gasteiger partial charge is 0.260 e. The second-order valence-corrected chi connectivity index (χ2v) is 8.66. The van der Waals surface area contributed by atoms with Crippen LogP contribution in [0.5, 0.6) is 5.75 Å². The second kappa shape index (κ2) is 9.56. The number of amides is 1. The van der Waals surface area contributed by atoms with Gasteiger partial charge in [-0.05, 0) is 74.7 Å². The van der Waals surface area contributed by atoms with Crippen LogP contribution < -0.4 is 14.5 Å². The summed E-state index contributed by atoms with van der Waals surface area (Å²) in [6.07, 6.45) is 1.08. The van der Waals surface area contributed by atoms with E-state index in [4.69, 9.17) is 4.74 Å². The Kier molecular flexibility index (Phi) is 7.39. The molecule has 2 rings (SSSR count). The number of sulfonamides is 1. The van der Waals surface area contributed by atoms with Crippen LogP contribution in [0.3, 0.4) is 0 Å². The summed E-state index contributed by atoms with van der Waals surface area (Å²) in [6, 6.07) is 12.8. The van der Waals surface area contributed by atoms with E-state index in [1.807, 2.05) is 50.2 Å². The molecule has 0 fully saturated rings. The van der Waals surface area contributed by atoms with Crippen molar-refractivity contribution in [2.24, 2.45) is 5.10 Å². The summed E-state index contributed by atoms with van der Waals surface area (Å²) in [5.74, 6) is 0.229. The zero-order valence-electron chi connectivity index (χ0n) is 17.4. The number of nitrogens with zero attached hydrogens (tertiary/aromatic N) is 2. The Morgan fingerprint density at radius 1 is 1.14 bits per heavy atom. The van der Waals surface area contributed by atoms with Crippen molar-refractivity contribution in [3.8, 4) is 5.75 Å². The molecule has 1 N–H and O–H groups in total. The molecule has 0 aromatic heterocycles. The third kappa shape index (κ3) is 6.32. The third-order valence-electron chi connectivity index (χ3n) is 4.25. The molecule has 2 aromatic rings. The van der Waals surface area contributed by atoms with Gasteiger partial charge in [0, 0.05) is 0 Å². The van der Waals surface area contributed by atoms with Gasteiger partial charge >= 0.3 is 0 Å². The van der Waals surface area contributed by atoms with E-state index in [1.54, 1.807) is 19.9 Å². The molecule has 0 unspecified atom stereocenters. The van der Waals surface area contributed by atoms with Crippen molar-refractivity contribution >= 4 is 27.3 Å². The summed E-state index contributed by atoms with van der Waals surface area (Å²) in [5.41, 5.74) is 6.01. The molecule has 156 valence electrons. The molecule has 0 radical (unpaired) electrons. The van der Waals surface area contributed by atoms with E-state index in [0.29, 0.717) is 18.0 Å². The number of benzene rings is 2. The Morgan fingerprint density at radius 2 is 1.79 bits per heavy atom. The van der Waals surface area contributed by atoms with Crippen LogP contribution in [-0.4, -0.2) is 39.4 Å². The molecule has 7 nitrogen and oxygen atoms in total. The molecule has 29 heavy (non-hydrogen) atoms. The topological polar surface area (TPSA) is 88.1 Å². The first-order chi connectivity index (χ1) is 13.6. The Bertz CT molecular complexity index is 999. The van der Waals surface area contributed by atoms with Gasteiger partial charge in [0.1, 0.15) is 12.3 Å². The molecule has 0 saturated heterocycles. The van der Waals surface area contributed by atoms with Crippen LogP contribution in [-0.2, 0) is 14.8 Å². The molecule has 0 aliphatic heterocycles. The van der Waals surface area contributed by atoms with Crippen LogP contribution in [0.15, 0.2) is 47.6 Å². The van der Waals surface area contributed by atoms with E-state index in [9.17, 15) is 13.2 Å². The molecular formula is C21H27N3O4S. The molecule has 2 aromatic carbocycles.